The molecule has 0 N–H and O–H groups in total. The number of anilines is 1. The minimum atomic E-state index is 0.877. The van der Waals surface area contributed by atoms with Gasteiger partial charge in [0.2, 0.25) is 0 Å². The van der Waals surface area contributed by atoms with Crippen LogP contribution in [0.3, 0.4) is 0 Å². The second-order valence-corrected chi connectivity index (χ2v) is 4.71. The van der Waals surface area contributed by atoms with Gasteiger partial charge in [-0.3, -0.25) is 0 Å². The number of benzene rings is 1. The second-order valence-electron chi connectivity index (χ2n) is 4.71. The van der Waals surface area contributed by atoms with Gasteiger partial charge in [-0.1, -0.05) is 18.2 Å². The van der Waals surface area contributed by atoms with Crippen LogP contribution in [0, 0.1) is 11.8 Å². The molecular weight excluding hydrogens is 158 g/mol. The summed E-state index contributed by atoms with van der Waals surface area (Å²) in [5.74, 6) is 2.10. The Morgan fingerprint density at radius 1 is 1.23 bits per heavy atom. The van der Waals surface area contributed by atoms with Gasteiger partial charge < -0.3 is 4.90 Å². The normalized spacial score (nSPS) is 38.5. The van der Waals surface area contributed by atoms with Crippen molar-refractivity contribution < 1.29 is 0 Å². The molecule has 2 heterocycles. The van der Waals surface area contributed by atoms with Crippen molar-refractivity contribution >= 4 is 5.69 Å². The summed E-state index contributed by atoms with van der Waals surface area (Å²) >= 11 is 0. The number of hydrogen-bond acceptors (Lipinski definition) is 1. The SMILES string of the molecule is c1ccc2c(c1)CC1C3CC3CN21. The van der Waals surface area contributed by atoms with E-state index in [-0.39, 0.29) is 0 Å². The van der Waals surface area contributed by atoms with Crippen LogP contribution >= 0.6 is 0 Å². The first kappa shape index (κ1) is 6.47. The number of nitrogens with zero attached hydrogens (tertiary/aromatic N) is 1. The topological polar surface area (TPSA) is 3.24 Å². The molecule has 13 heavy (non-hydrogen) atoms. The zero-order valence-electron chi connectivity index (χ0n) is 7.61. The van der Waals surface area contributed by atoms with Gasteiger partial charge in [0.15, 0.2) is 0 Å². The van der Waals surface area contributed by atoms with Crippen LogP contribution in [0.15, 0.2) is 24.3 Å². The standard InChI is InChI=1S/C12H13N/c1-2-4-11-8(3-1)6-12-10-5-9(10)7-13(11)12/h1-4,9-10,12H,5-7H2. The minimum Gasteiger partial charge on any atom is -0.367 e. The Morgan fingerprint density at radius 3 is 3.15 bits per heavy atom. The number of para-hydroxylation sites is 1. The molecule has 0 radical (unpaired) electrons. The zero-order valence-corrected chi connectivity index (χ0v) is 7.61. The van der Waals surface area contributed by atoms with Gasteiger partial charge in [-0.15, -0.1) is 0 Å². The summed E-state index contributed by atoms with van der Waals surface area (Å²) in [4.78, 5) is 2.65. The summed E-state index contributed by atoms with van der Waals surface area (Å²) in [6, 6.07) is 9.81. The molecular formula is C12H13N. The lowest BCUT2D eigenvalue weighted by molar-refractivity contribution is 0.627. The van der Waals surface area contributed by atoms with E-state index in [1.165, 1.54) is 25.1 Å². The number of hydrogen-bond donors (Lipinski definition) is 0. The van der Waals surface area contributed by atoms with E-state index in [0.717, 1.165) is 17.9 Å². The van der Waals surface area contributed by atoms with Gasteiger partial charge in [0.25, 0.3) is 0 Å². The second kappa shape index (κ2) is 1.92. The third-order valence-corrected chi connectivity index (χ3v) is 4.03. The monoisotopic (exact) mass is 171 g/mol. The van der Waals surface area contributed by atoms with Crippen LogP contribution in [-0.4, -0.2) is 12.6 Å². The van der Waals surface area contributed by atoms with E-state index in [9.17, 15) is 0 Å². The fraction of sp³-hybridized carbons (Fsp3) is 0.500. The van der Waals surface area contributed by atoms with E-state index in [1.54, 1.807) is 5.56 Å². The Labute approximate surface area is 78.4 Å². The average Bonchev–Trinajstić information content (AvgIpc) is 2.68. The summed E-state index contributed by atoms with van der Waals surface area (Å²) in [6.07, 6.45) is 2.83. The molecule has 1 heteroatoms. The van der Waals surface area contributed by atoms with Gasteiger partial charge in [0.1, 0.15) is 0 Å². The maximum absolute atomic E-state index is 2.65. The molecule has 66 valence electrons. The third kappa shape index (κ3) is 0.691. The summed E-state index contributed by atoms with van der Waals surface area (Å²) in [5, 5.41) is 0. The minimum absolute atomic E-state index is 0.877. The molecule has 1 aromatic carbocycles. The molecule has 1 aliphatic carbocycles. The van der Waals surface area contributed by atoms with Gasteiger partial charge >= 0.3 is 0 Å². The van der Waals surface area contributed by atoms with Crippen molar-refractivity contribution in [3.05, 3.63) is 29.8 Å². The van der Waals surface area contributed by atoms with Crippen molar-refractivity contribution in [1.82, 2.24) is 0 Å². The molecule has 0 aromatic heterocycles. The molecule has 1 saturated heterocycles. The molecule has 0 spiro atoms. The van der Waals surface area contributed by atoms with E-state index in [0.29, 0.717) is 0 Å². The van der Waals surface area contributed by atoms with Crippen LogP contribution in [-0.2, 0) is 6.42 Å². The van der Waals surface area contributed by atoms with E-state index < -0.39 is 0 Å². The summed E-state index contributed by atoms with van der Waals surface area (Å²) in [6.45, 7) is 1.34. The maximum Gasteiger partial charge on any atom is 0.0402 e. The first-order valence-electron chi connectivity index (χ1n) is 5.28. The van der Waals surface area contributed by atoms with Gasteiger partial charge in [-0.25, -0.2) is 0 Å². The van der Waals surface area contributed by atoms with Crippen LogP contribution in [0.1, 0.15) is 12.0 Å². The molecule has 2 fully saturated rings. The molecule has 1 saturated carbocycles. The van der Waals surface area contributed by atoms with E-state index >= 15 is 0 Å². The highest BCUT2D eigenvalue weighted by atomic mass is 15.2. The molecule has 4 rings (SSSR count). The Hall–Kier alpha value is -0.980. The highest BCUT2D eigenvalue weighted by Gasteiger charge is 2.54. The van der Waals surface area contributed by atoms with Crippen LogP contribution in [0.25, 0.3) is 0 Å². The predicted octanol–water partition coefficient (Wildman–Crippen LogP) is 2.07. The smallest absolute Gasteiger partial charge is 0.0402 e. The third-order valence-electron chi connectivity index (χ3n) is 4.03. The summed E-state index contributed by atoms with van der Waals surface area (Å²) in [7, 11) is 0. The quantitative estimate of drug-likeness (QED) is 0.577. The predicted molar refractivity (Wildman–Crippen MR) is 52.9 cm³/mol. The largest absolute Gasteiger partial charge is 0.367 e. The Morgan fingerprint density at radius 2 is 2.15 bits per heavy atom. The van der Waals surface area contributed by atoms with Crippen molar-refractivity contribution in [3.63, 3.8) is 0 Å². The fourth-order valence-electron chi connectivity index (χ4n) is 3.30. The van der Waals surface area contributed by atoms with Crippen LogP contribution in [0.5, 0.6) is 0 Å². The lowest BCUT2D eigenvalue weighted by Gasteiger charge is -2.21. The van der Waals surface area contributed by atoms with E-state index in [2.05, 4.69) is 29.2 Å². The Bertz CT molecular complexity index is 371. The highest BCUT2D eigenvalue weighted by molar-refractivity contribution is 5.61. The van der Waals surface area contributed by atoms with E-state index in [4.69, 9.17) is 0 Å². The zero-order chi connectivity index (χ0) is 8.41. The van der Waals surface area contributed by atoms with Crippen molar-refractivity contribution in [2.45, 2.75) is 18.9 Å². The van der Waals surface area contributed by atoms with E-state index in [1.807, 2.05) is 0 Å². The maximum atomic E-state index is 2.65. The lowest BCUT2D eigenvalue weighted by atomic mass is 10.1. The summed E-state index contributed by atoms with van der Waals surface area (Å²) < 4.78 is 0. The van der Waals surface area contributed by atoms with Crippen LogP contribution in [0.4, 0.5) is 5.69 Å². The Kier molecular flexibility index (Phi) is 0.954. The molecule has 1 aromatic rings. The molecule has 0 bridgehead atoms. The number of piperidine rings is 1. The Balaban J connectivity index is 1.84. The molecule has 0 amide bonds. The molecule has 3 unspecified atom stereocenters. The first-order valence-corrected chi connectivity index (χ1v) is 5.28. The van der Waals surface area contributed by atoms with Crippen molar-refractivity contribution in [1.29, 1.82) is 0 Å². The average molecular weight is 171 g/mol. The number of fused-ring (bicyclic) bond motifs is 5. The lowest BCUT2D eigenvalue weighted by Crippen LogP contribution is -2.28. The van der Waals surface area contributed by atoms with Crippen molar-refractivity contribution in [3.8, 4) is 0 Å². The van der Waals surface area contributed by atoms with Gasteiger partial charge in [-0.2, -0.15) is 0 Å². The van der Waals surface area contributed by atoms with Crippen LogP contribution in [0.2, 0.25) is 0 Å². The summed E-state index contributed by atoms with van der Waals surface area (Å²) in [5.41, 5.74) is 3.11. The van der Waals surface area contributed by atoms with Crippen LogP contribution < -0.4 is 4.90 Å². The van der Waals surface area contributed by atoms with Gasteiger partial charge in [0.05, 0.1) is 0 Å². The van der Waals surface area contributed by atoms with Crippen molar-refractivity contribution in [2.75, 3.05) is 11.4 Å². The van der Waals surface area contributed by atoms with Gasteiger partial charge in [0, 0.05) is 18.3 Å². The molecule has 3 aliphatic rings. The molecule has 2 aliphatic heterocycles. The first-order chi connectivity index (χ1) is 6.43. The van der Waals surface area contributed by atoms with Crippen molar-refractivity contribution in [2.24, 2.45) is 11.8 Å². The molecule has 3 atom stereocenters. The highest BCUT2D eigenvalue weighted by Crippen LogP contribution is 2.55. The van der Waals surface area contributed by atoms with Gasteiger partial charge in [-0.05, 0) is 36.3 Å². The molecule has 1 nitrogen and oxygen atoms in total. The fourth-order valence-corrected chi connectivity index (χ4v) is 3.30. The number of rotatable bonds is 0.